The maximum absolute atomic E-state index is 15.6. The van der Waals surface area contributed by atoms with E-state index < -0.39 is 28.4 Å². The van der Waals surface area contributed by atoms with E-state index >= 15 is 4.39 Å². The predicted octanol–water partition coefficient (Wildman–Crippen LogP) is 2.21. The van der Waals surface area contributed by atoms with Gasteiger partial charge in [0.05, 0.1) is 28.0 Å². The number of anilines is 2. The zero-order valence-electron chi connectivity index (χ0n) is 15.9. The Balaban J connectivity index is 1.79. The van der Waals surface area contributed by atoms with Gasteiger partial charge in [0.15, 0.2) is 11.6 Å². The fourth-order valence-corrected chi connectivity index (χ4v) is 4.84. The lowest BCUT2D eigenvalue weighted by molar-refractivity contribution is -0.137. The highest BCUT2D eigenvalue weighted by atomic mass is 32.2. The number of halogens is 2. The molecule has 0 N–H and O–H groups in total. The van der Waals surface area contributed by atoms with Crippen molar-refractivity contribution in [1.82, 2.24) is 4.90 Å². The molecule has 9 heteroatoms. The highest BCUT2D eigenvalue weighted by molar-refractivity contribution is 7.90. The molecule has 0 spiro atoms. The quantitative estimate of drug-likeness (QED) is 0.709. The summed E-state index contributed by atoms with van der Waals surface area (Å²) in [5, 5.41) is 0. The Hall–Kier alpha value is -2.00. The van der Waals surface area contributed by atoms with Gasteiger partial charge in [0.2, 0.25) is 0 Å². The monoisotopic (exact) mass is 411 g/mol. The molecular formula is C19H23F2N3O3S. The van der Waals surface area contributed by atoms with E-state index in [1.165, 1.54) is 6.20 Å². The predicted molar refractivity (Wildman–Crippen MR) is 103 cm³/mol. The number of fused-ring (bicyclic) bond motifs is 1. The van der Waals surface area contributed by atoms with E-state index in [0.29, 0.717) is 26.2 Å². The molecule has 1 saturated heterocycles. The summed E-state index contributed by atoms with van der Waals surface area (Å²) >= 11 is 0. The number of rotatable bonds is 4. The number of carbonyl (C=O) groups is 1. The van der Waals surface area contributed by atoms with Crippen LogP contribution in [0.5, 0.6) is 0 Å². The third kappa shape index (κ3) is 3.30. The van der Waals surface area contributed by atoms with Crippen LogP contribution >= 0.6 is 0 Å². The van der Waals surface area contributed by atoms with Crippen LogP contribution in [0.15, 0.2) is 22.1 Å². The van der Waals surface area contributed by atoms with Crippen LogP contribution in [0, 0.1) is 11.6 Å². The second-order valence-electron chi connectivity index (χ2n) is 7.28. The van der Waals surface area contributed by atoms with E-state index in [4.69, 9.17) is 4.74 Å². The highest BCUT2D eigenvalue weighted by Crippen LogP contribution is 2.45. The summed E-state index contributed by atoms with van der Waals surface area (Å²) in [6.45, 7) is 4.23. The SMILES string of the molecule is CCOC(=O)C1=CN(C2CC2)c2c(cc(F)c(N3CCN(C)CC3)c2F)S1=O. The number of nitrogens with zero attached hydrogens (tertiary/aromatic N) is 3. The van der Waals surface area contributed by atoms with Crippen molar-refractivity contribution in [3.63, 3.8) is 0 Å². The summed E-state index contributed by atoms with van der Waals surface area (Å²) in [7, 11) is -0.0264. The van der Waals surface area contributed by atoms with E-state index in [9.17, 15) is 13.4 Å². The molecule has 1 unspecified atom stereocenters. The normalized spacial score (nSPS) is 22.7. The van der Waals surface area contributed by atoms with Gasteiger partial charge in [0, 0.05) is 38.4 Å². The molecule has 1 aromatic rings. The van der Waals surface area contributed by atoms with E-state index in [2.05, 4.69) is 4.90 Å². The summed E-state index contributed by atoms with van der Waals surface area (Å²) in [6, 6.07) is 1.13. The molecule has 2 heterocycles. The summed E-state index contributed by atoms with van der Waals surface area (Å²) in [5.41, 5.74) is 0.0340. The lowest BCUT2D eigenvalue weighted by Gasteiger charge is -2.36. The Labute approximate surface area is 165 Å². The maximum Gasteiger partial charge on any atom is 0.349 e. The van der Waals surface area contributed by atoms with Crippen LogP contribution in [0.25, 0.3) is 0 Å². The smallest absolute Gasteiger partial charge is 0.349 e. The minimum Gasteiger partial charge on any atom is -0.462 e. The van der Waals surface area contributed by atoms with Gasteiger partial charge in [-0.05, 0) is 32.9 Å². The first-order valence-electron chi connectivity index (χ1n) is 9.47. The molecule has 1 aromatic carbocycles. The molecule has 2 aliphatic heterocycles. The molecule has 0 bridgehead atoms. The minimum absolute atomic E-state index is 0.00895. The maximum atomic E-state index is 15.6. The number of likely N-dealkylation sites (N-methyl/N-ethyl adjacent to an activating group) is 1. The molecule has 1 saturated carbocycles. The summed E-state index contributed by atoms with van der Waals surface area (Å²) in [6.07, 6.45) is 3.08. The van der Waals surface area contributed by atoms with Gasteiger partial charge in [-0.15, -0.1) is 0 Å². The van der Waals surface area contributed by atoms with Gasteiger partial charge in [-0.1, -0.05) is 0 Å². The van der Waals surface area contributed by atoms with Gasteiger partial charge in [-0.3, -0.25) is 0 Å². The third-order valence-corrected chi connectivity index (χ3v) is 6.67. The van der Waals surface area contributed by atoms with Crippen LogP contribution in [0.4, 0.5) is 20.2 Å². The first-order valence-corrected chi connectivity index (χ1v) is 10.6. The first kappa shape index (κ1) is 19.3. The van der Waals surface area contributed by atoms with Gasteiger partial charge in [0.1, 0.15) is 10.6 Å². The Bertz CT molecular complexity index is 864. The molecule has 4 rings (SSSR count). The van der Waals surface area contributed by atoms with Crippen LogP contribution in [-0.2, 0) is 20.3 Å². The lowest BCUT2D eigenvalue weighted by atomic mass is 10.1. The molecule has 152 valence electrons. The molecular weight excluding hydrogens is 388 g/mol. The second-order valence-corrected chi connectivity index (χ2v) is 8.70. The largest absolute Gasteiger partial charge is 0.462 e. The van der Waals surface area contributed by atoms with E-state index in [0.717, 1.165) is 18.9 Å². The molecule has 6 nitrogen and oxygen atoms in total. The van der Waals surface area contributed by atoms with E-state index in [1.807, 2.05) is 7.05 Å². The first-order chi connectivity index (χ1) is 13.4. The number of hydrogen-bond donors (Lipinski definition) is 0. The van der Waals surface area contributed by atoms with E-state index in [1.54, 1.807) is 16.7 Å². The number of piperazine rings is 1. The Morgan fingerprint density at radius 3 is 2.50 bits per heavy atom. The van der Waals surface area contributed by atoms with Crippen LogP contribution in [-0.4, -0.2) is 61.0 Å². The number of benzene rings is 1. The number of carbonyl (C=O) groups excluding carboxylic acids is 1. The van der Waals surface area contributed by atoms with E-state index in [-0.39, 0.29) is 33.8 Å². The number of esters is 1. The van der Waals surface area contributed by atoms with Crippen molar-refractivity contribution < 1.29 is 22.5 Å². The standard InChI is InChI=1S/C19H23F2N3O3S/c1-3-27-19(25)15-11-24(12-4-5-12)18-14(28(15)26)10-13(20)17(16(18)21)23-8-6-22(2)7-9-23/h10-12H,3-9H2,1-2H3. The third-order valence-electron chi connectivity index (χ3n) is 5.28. The molecule has 0 radical (unpaired) electrons. The molecule has 28 heavy (non-hydrogen) atoms. The highest BCUT2D eigenvalue weighted by Gasteiger charge is 2.40. The average Bonchev–Trinajstić information content (AvgIpc) is 3.49. The molecule has 0 aromatic heterocycles. The Kier molecular flexibility index (Phi) is 5.13. The Morgan fingerprint density at radius 1 is 1.21 bits per heavy atom. The minimum atomic E-state index is -2.00. The fourth-order valence-electron chi connectivity index (χ4n) is 3.61. The zero-order valence-corrected chi connectivity index (χ0v) is 16.7. The van der Waals surface area contributed by atoms with Crippen molar-refractivity contribution in [1.29, 1.82) is 0 Å². The summed E-state index contributed by atoms with van der Waals surface area (Å²) in [5.74, 6) is -2.19. The van der Waals surface area contributed by atoms with Crippen molar-refractivity contribution in [2.45, 2.75) is 30.7 Å². The molecule has 2 fully saturated rings. The second kappa shape index (κ2) is 7.44. The van der Waals surface area contributed by atoms with Crippen LogP contribution < -0.4 is 9.80 Å². The van der Waals surface area contributed by atoms with Gasteiger partial charge in [0.25, 0.3) is 0 Å². The van der Waals surface area contributed by atoms with Crippen molar-refractivity contribution >= 4 is 28.1 Å². The van der Waals surface area contributed by atoms with Gasteiger partial charge >= 0.3 is 5.97 Å². The fraction of sp³-hybridized carbons (Fsp3) is 0.526. The van der Waals surface area contributed by atoms with Crippen LogP contribution in [0.1, 0.15) is 19.8 Å². The topological polar surface area (TPSA) is 53.1 Å². The molecule has 1 atom stereocenters. The lowest BCUT2D eigenvalue weighted by Crippen LogP contribution is -2.45. The Morgan fingerprint density at radius 2 is 1.89 bits per heavy atom. The van der Waals surface area contributed by atoms with Crippen LogP contribution in [0.3, 0.4) is 0 Å². The molecule has 0 amide bonds. The van der Waals surface area contributed by atoms with Crippen molar-refractivity contribution in [2.24, 2.45) is 0 Å². The summed E-state index contributed by atoms with van der Waals surface area (Å²) < 4.78 is 48.4. The van der Waals surface area contributed by atoms with Crippen LogP contribution in [0.2, 0.25) is 0 Å². The molecule has 1 aliphatic carbocycles. The average molecular weight is 411 g/mol. The molecule has 3 aliphatic rings. The zero-order chi connectivity index (χ0) is 20.0. The summed E-state index contributed by atoms with van der Waals surface area (Å²) in [4.78, 5) is 17.6. The van der Waals surface area contributed by atoms with Gasteiger partial charge < -0.3 is 19.4 Å². The van der Waals surface area contributed by atoms with Crippen molar-refractivity contribution in [2.75, 3.05) is 49.6 Å². The van der Waals surface area contributed by atoms with Crippen molar-refractivity contribution in [3.8, 4) is 0 Å². The van der Waals surface area contributed by atoms with Crippen molar-refractivity contribution in [3.05, 3.63) is 28.8 Å². The van der Waals surface area contributed by atoms with Gasteiger partial charge in [-0.25, -0.2) is 17.8 Å². The number of hydrogen-bond acceptors (Lipinski definition) is 6. The van der Waals surface area contributed by atoms with Gasteiger partial charge in [-0.2, -0.15) is 0 Å². The number of ether oxygens (including phenoxy) is 1.